The molecule has 1 aromatic heterocycles. The van der Waals surface area contributed by atoms with Gasteiger partial charge >= 0.3 is 12.1 Å². The number of alkyl halides is 3. The Bertz CT molecular complexity index is 1540. The van der Waals surface area contributed by atoms with E-state index >= 15 is 0 Å². The molecule has 0 radical (unpaired) electrons. The predicted molar refractivity (Wildman–Crippen MR) is 177 cm³/mol. The molecule has 3 aromatic rings. The van der Waals surface area contributed by atoms with E-state index in [1.165, 1.54) is 37.3 Å². The fourth-order valence-electron chi connectivity index (χ4n) is 4.53. The minimum absolute atomic E-state index is 0.460. The summed E-state index contributed by atoms with van der Waals surface area (Å²) in [6, 6.07) is 12.4. The zero-order valence-corrected chi connectivity index (χ0v) is 27.8. The number of aliphatic carboxylic acids is 1. The lowest BCUT2D eigenvalue weighted by Gasteiger charge is -2.33. The van der Waals surface area contributed by atoms with E-state index in [4.69, 9.17) is 14.5 Å². The second-order valence-electron chi connectivity index (χ2n) is 11.1. The quantitative estimate of drug-likeness (QED) is 0.111. The number of carboxylic acids is 1. The summed E-state index contributed by atoms with van der Waals surface area (Å²) < 4.78 is 50.4. The van der Waals surface area contributed by atoms with Gasteiger partial charge in [-0.3, -0.25) is 4.90 Å². The third-order valence-corrected chi connectivity index (χ3v) is 9.59. The molecule has 4 rings (SSSR count). The summed E-state index contributed by atoms with van der Waals surface area (Å²) >= 11 is 3.10. The number of aromatic nitrogens is 1. The van der Waals surface area contributed by atoms with E-state index < -0.39 is 23.3 Å². The predicted octanol–water partition coefficient (Wildman–Crippen LogP) is 8.10. The molecule has 1 aliphatic rings. The number of hydrogen-bond acceptors (Lipinski definition) is 8. The molecule has 1 fully saturated rings. The van der Waals surface area contributed by atoms with Crippen LogP contribution in [0.2, 0.25) is 0 Å². The zero-order valence-electron chi connectivity index (χ0n) is 26.2. The van der Waals surface area contributed by atoms with E-state index in [0.29, 0.717) is 28.6 Å². The first-order valence-electron chi connectivity index (χ1n) is 14.7. The summed E-state index contributed by atoms with van der Waals surface area (Å²) in [5.41, 5.74) is -0.474. The van der Waals surface area contributed by atoms with Gasteiger partial charge in [0.2, 0.25) is 0 Å². The SMILES string of the molecule is C\C=C/C(=C\C=C\N1CCN(Cc2nc(-c3ccc(C(F)(F)F)cc3)sc2CSc2ccc(OC(C)(C)C(=O)O)cc2)CC1)OC. The number of carbonyl (C=O) groups is 1. The first kappa shape index (κ1) is 35.1. The highest BCUT2D eigenvalue weighted by Gasteiger charge is 2.31. The molecule has 2 heterocycles. The lowest BCUT2D eigenvalue weighted by atomic mass is 10.1. The van der Waals surface area contributed by atoms with Crippen LogP contribution in [0.15, 0.2) is 89.7 Å². The van der Waals surface area contributed by atoms with Crippen LogP contribution in [-0.4, -0.2) is 64.7 Å². The van der Waals surface area contributed by atoms with Crippen molar-refractivity contribution in [2.24, 2.45) is 0 Å². The Kier molecular flexibility index (Phi) is 12.0. The molecule has 1 aliphatic heterocycles. The van der Waals surface area contributed by atoms with Crippen LogP contribution in [0.4, 0.5) is 13.2 Å². The summed E-state index contributed by atoms with van der Waals surface area (Å²) in [6.45, 7) is 8.95. The number of benzene rings is 2. The molecule has 0 spiro atoms. The molecule has 46 heavy (non-hydrogen) atoms. The number of halogens is 3. The van der Waals surface area contributed by atoms with Crippen molar-refractivity contribution in [3.05, 3.63) is 101 Å². The normalized spacial score (nSPS) is 15.2. The molecule has 246 valence electrons. The second-order valence-corrected chi connectivity index (χ2v) is 13.2. The maximum atomic E-state index is 13.2. The molecule has 0 bridgehead atoms. The van der Waals surface area contributed by atoms with Crippen molar-refractivity contribution < 1.29 is 32.5 Å². The minimum atomic E-state index is -4.40. The number of ether oxygens (including phenoxy) is 2. The van der Waals surface area contributed by atoms with Gasteiger partial charge in [-0.25, -0.2) is 9.78 Å². The van der Waals surface area contributed by atoms with Crippen LogP contribution in [0.1, 0.15) is 36.9 Å². The number of nitrogens with zero attached hydrogens (tertiary/aromatic N) is 3. The van der Waals surface area contributed by atoms with Gasteiger partial charge in [-0.15, -0.1) is 23.1 Å². The molecule has 0 aliphatic carbocycles. The van der Waals surface area contributed by atoms with E-state index in [9.17, 15) is 23.1 Å². The van der Waals surface area contributed by atoms with E-state index in [1.54, 1.807) is 31.0 Å². The fourth-order valence-corrected chi connectivity index (χ4v) is 6.61. The van der Waals surface area contributed by atoms with Crippen LogP contribution < -0.4 is 4.74 Å². The Hall–Kier alpha value is -3.74. The Morgan fingerprint density at radius 2 is 1.74 bits per heavy atom. The minimum Gasteiger partial charge on any atom is -0.497 e. The molecule has 1 N–H and O–H groups in total. The van der Waals surface area contributed by atoms with Gasteiger partial charge < -0.3 is 19.5 Å². The lowest BCUT2D eigenvalue weighted by Crippen LogP contribution is -2.43. The van der Waals surface area contributed by atoms with Crippen molar-refractivity contribution in [1.82, 2.24) is 14.8 Å². The molecular formula is C34H38F3N3O4S2. The molecule has 2 aromatic carbocycles. The van der Waals surface area contributed by atoms with E-state index in [2.05, 4.69) is 16.0 Å². The van der Waals surface area contributed by atoms with Gasteiger partial charge in [0.05, 0.1) is 18.4 Å². The number of hydrogen-bond donors (Lipinski definition) is 1. The number of methoxy groups -OCH3 is 1. The molecular weight excluding hydrogens is 636 g/mol. The summed E-state index contributed by atoms with van der Waals surface area (Å²) in [6.07, 6.45) is 5.39. The Morgan fingerprint density at radius 1 is 1.07 bits per heavy atom. The topological polar surface area (TPSA) is 75.1 Å². The molecule has 0 saturated carbocycles. The van der Waals surface area contributed by atoms with Crippen LogP contribution in [0.25, 0.3) is 10.6 Å². The van der Waals surface area contributed by atoms with Crippen molar-refractivity contribution in [1.29, 1.82) is 0 Å². The average molecular weight is 674 g/mol. The van der Waals surface area contributed by atoms with Crippen molar-refractivity contribution in [3.63, 3.8) is 0 Å². The second kappa shape index (κ2) is 15.7. The van der Waals surface area contributed by atoms with Crippen molar-refractivity contribution >= 4 is 29.1 Å². The van der Waals surface area contributed by atoms with Crippen LogP contribution in [0.5, 0.6) is 5.75 Å². The Balaban J connectivity index is 1.46. The van der Waals surface area contributed by atoms with Crippen LogP contribution >= 0.6 is 23.1 Å². The lowest BCUT2D eigenvalue weighted by molar-refractivity contribution is -0.152. The summed E-state index contributed by atoms with van der Waals surface area (Å²) in [5.74, 6) is 0.809. The van der Waals surface area contributed by atoms with E-state index in [0.717, 1.165) is 59.5 Å². The number of allylic oxidation sites excluding steroid dienone is 4. The van der Waals surface area contributed by atoms with Gasteiger partial charge in [0.25, 0.3) is 0 Å². The number of thiazole rings is 1. The van der Waals surface area contributed by atoms with E-state index in [-0.39, 0.29) is 0 Å². The van der Waals surface area contributed by atoms with Gasteiger partial charge in [0.15, 0.2) is 5.60 Å². The fraction of sp³-hybridized carbons (Fsp3) is 0.353. The van der Waals surface area contributed by atoms with Crippen LogP contribution in [0, 0.1) is 0 Å². The first-order valence-corrected chi connectivity index (χ1v) is 16.5. The smallest absolute Gasteiger partial charge is 0.416 e. The molecule has 12 heteroatoms. The molecule has 0 amide bonds. The van der Waals surface area contributed by atoms with Crippen LogP contribution in [0.3, 0.4) is 0 Å². The zero-order chi connectivity index (χ0) is 33.3. The van der Waals surface area contributed by atoms with Crippen molar-refractivity contribution in [2.75, 3.05) is 33.3 Å². The van der Waals surface area contributed by atoms with Crippen molar-refractivity contribution in [2.45, 2.75) is 49.7 Å². The van der Waals surface area contributed by atoms with Crippen LogP contribution in [-0.2, 0) is 28.0 Å². The van der Waals surface area contributed by atoms with Gasteiger partial charge in [-0.1, -0.05) is 18.2 Å². The first-order chi connectivity index (χ1) is 21.9. The van der Waals surface area contributed by atoms with Gasteiger partial charge in [0, 0.05) is 53.8 Å². The monoisotopic (exact) mass is 673 g/mol. The molecule has 0 atom stereocenters. The highest BCUT2D eigenvalue weighted by atomic mass is 32.2. The summed E-state index contributed by atoms with van der Waals surface area (Å²) in [5, 5.41) is 10.0. The summed E-state index contributed by atoms with van der Waals surface area (Å²) in [7, 11) is 1.64. The van der Waals surface area contributed by atoms with Gasteiger partial charge in [-0.2, -0.15) is 13.2 Å². The number of rotatable bonds is 13. The van der Waals surface area contributed by atoms with Crippen molar-refractivity contribution in [3.8, 4) is 16.3 Å². The largest absolute Gasteiger partial charge is 0.497 e. The van der Waals surface area contributed by atoms with E-state index in [1.807, 2.05) is 43.4 Å². The maximum absolute atomic E-state index is 13.2. The number of piperazine rings is 1. The molecule has 7 nitrogen and oxygen atoms in total. The average Bonchev–Trinajstić information content (AvgIpc) is 3.43. The Morgan fingerprint density at radius 3 is 2.33 bits per heavy atom. The number of carboxylic acid groups (broad SMARTS) is 1. The van der Waals surface area contributed by atoms with Gasteiger partial charge in [0.1, 0.15) is 16.5 Å². The standard InChI is InChI=1S/C34H38F3N3O4S2/c1-5-7-26(43-4)8-6-17-39-18-20-40(21-19-39)22-29-30(46-31(38-29)24-9-11-25(12-10-24)34(35,36)37)23-45-28-15-13-27(14-16-28)44-33(2,3)32(41)42/h5-17H,18-23H2,1-4H3,(H,41,42)/b7-5-,17-6+,26-8+. The third-order valence-electron chi connectivity index (χ3n) is 7.22. The molecule has 0 unspecified atom stereocenters. The third kappa shape index (κ3) is 9.88. The number of thioether (sulfide) groups is 1. The maximum Gasteiger partial charge on any atom is 0.416 e. The highest BCUT2D eigenvalue weighted by Crippen LogP contribution is 2.36. The molecule has 1 saturated heterocycles. The summed E-state index contributed by atoms with van der Waals surface area (Å²) in [4.78, 5) is 22.9. The Labute approximate surface area is 276 Å². The van der Waals surface area contributed by atoms with Gasteiger partial charge in [-0.05, 0) is 81.6 Å². The highest BCUT2D eigenvalue weighted by molar-refractivity contribution is 7.98.